The SMILES string of the molecule is COC(=N)COc1cc(C)c(Cl)c(C)c1. The van der Waals surface area contributed by atoms with Crippen molar-refractivity contribution in [3.63, 3.8) is 0 Å². The summed E-state index contributed by atoms with van der Waals surface area (Å²) in [5.74, 6) is 0.802. The first-order valence-electron chi connectivity index (χ1n) is 4.55. The Morgan fingerprint density at radius 1 is 1.33 bits per heavy atom. The van der Waals surface area contributed by atoms with Crippen LogP contribution in [0, 0.1) is 19.3 Å². The van der Waals surface area contributed by atoms with Crippen LogP contribution in [-0.4, -0.2) is 19.6 Å². The van der Waals surface area contributed by atoms with Crippen molar-refractivity contribution in [3.8, 4) is 5.75 Å². The van der Waals surface area contributed by atoms with E-state index in [1.165, 1.54) is 7.11 Å². The van der Waals surface area contributed by atoms with Crippen molar-refractivity contribution in [3.05, 3.63) is 28.3 Å². The second kappa shape index (κ2) is 5.03. The van der Waals surface area contributed by atoms with Gasteiger partial charge in [-0.05, 0) is 37.1 Å². The summed E-state index contributed by atoms with van der Waals surface area (Å²) < 4.78 is 10.1. The zero-order chi connectivity index (χ0) is 11.4. The number of rotatable bonds is 3. The quantitative estimate of drug-likeness (QED) is 0.637. The fourth-order valence-electron chi connectivity index (χ4n) is 1.20. The van der Waals surface area contributed by atoms with Crippen molar-refractivity contribution < 1.29 is 9.47 Å². The third-order valence-electron chi connectivity index (χ3n) is 2.03. The molecule has 1 N–H and O–H groups in total. The van der Waals surface area contributed by atoms with E-state index in [0.717, 1.165) is 16.1 Å². The van der Waals surface area contributed by atoms with E-state index >= 15 is 0 Å². The number of hydrogen-bond acceptors (Lipinski definition) is 3. The molecule has 0 aliphatic heterocycles. The van der Waals surface area contributed by atoms with Gasteiger partial charge in [-0.1, -0.05) is 11.6 Å². The number of halogens is 1. The van der Waals surface area contributed by atoms with Gasteiger partial charge in [0.1, 0.15) is 5.75 Å². The molecule has 1 aromatic carbocycles. The summed E-state index contributed by atoms with van der Waals surface area (Å²) in [7, 11) is 1.45. The van der Waals surface area contributed by atoms with E-state index in [0.29, 0.717) is 5.75 Å². The van der Waals surface area contributed by atoms with Crippen molar-refractivity contribution in [1.82, 2.24) is 0 Å². The number of hydrogen-bond donors (Lipinski definition) is 1. The van der Waals surface area contributed by atoms with Crippen LogP contribution in [0.25, 0.3) is 0 Å². The third kappa shape index (κ3) is 3.13. The number of ether oxygens (including phenoxy) is 2. The van der Waals surface area contributed by atoms with Gasteiger partial charge in [0.05, 0.1) is 7.11 Å². The molecule has 0 atom stereocenters. The molecule has 0 fully saturated rings. The second-order valence-corrected chi connectivity index (χ2v) is 3.66. The number of benzene rings is 1. The average Bonchev–Trinajstić information content (AvgIpc) is 2.22. The molecule has 0 radical (unpaired) electrons. The lowest BCUT2D eigenvalue weighted by molar-refractivity contribution is 0.309. The third-order valence-corrected chi connectivity index (χ3v) is 2.62. The first-order chi connectivity index (χ1) is 7.04. The number of aryl methyl sites for hydroxylation is 2. The van der Waals surface area contributed by atoms with Crippen LogP contribution in [0.1, 0.15) is 11.1 Å². The topological polar surface area (TPSA) is 42.3 Å². The minimum absolute atomic E-state index is 0.0975. The molecule has 0 aromatic heterocycles. The van der Waals surface area contributed by atoms with Crippen LogP contribution in [-0.2, 0) is 4.74 Å². The monoisotopic (exact) mass is 227 g/mol. The first-order valence-corrected chi connectivity index (χ1v) is 4.93. The van der Waals surface area contributed by atoms with Gasteiger partial charge in [-0.3, -0.25) is 5.41 Å². The van der Waals surface area contributed by atoms with E-state index in [2.05, 4.69) is 4.74 Å². The van der Waals surface area contributed by atoms with Crippen LogP contribution >= 0.6 is 11.6 Å². The lowest BCUT2D eigenvalue weighted by Crippen LogP contribution is -2.11. The van der Waals surface area contributed by atoms with Gasteiger partial charge >= 0.3 is 0 Å². The Bertz CT molecular complexity index is 354. The second-order valence-electron chi connectivity index (χ2n) is 3.29. The Hall–Kier alpha value is -1.22. The maximum atomic E-state index is 7.26. The Kier molecular flexibility index (Phi) is 3.97. The van der Waals surface area contributed by atoms with Crippen molar-refractivity contribution in [1.29, 1.82) is 5.41 Å². The molecule has 82 valence electrons. The van der Waals surface area contributed by atoms with Crippen molar-refractivity contribution in [2.45, 2.75) is 13.8 Å². The lowest BCUT2D eigenvalue weighted by Gasteiger charge is -2.09. The normalized spacial score (nSPS) is 9.87. The van der Waals surface area contributed by atoms with Gasteiger partial charge in [0.2, 0.25) is 5.90 Å². The number of methoxy groups -OCH3 is 1. The molecule has 1 aromatic rings. The largest absolute Gasteiger partial charge is 0.484 e. The highest BCUT2D eigenvalue weighted by Crippen LogP contribution is 2.25. The molecule has 0 aliphatic carbocycles. The first kappa shape index (κ1) is 11.9. The zero-order valence-corrected chi connectivity index (χ0v) is 9.81. The van der Waals surface area contributed by atoms with Crippen molar-refractivity contribution >= 4 is 17.5 Å². The highest BCUT2D eigenvalue weighted by molar-refractivity contribution is 6.32. The van der Waals surface area contributed by atoms with E-state index in [1.807, 2.05) is 26.0 Å². The van der Waals surface area contributed by atoms with Gasteiger partial charge < -0.3 is 9.47 Å². The summed E-state index contributed by atoms with van der Waals surface area (Å²) in [6, 6.07) is 3.69. The summed E-state index contributed by atoms with van der Waals surface area (Å²) in [4.78, 5) is 0. The molecule has 0 unspecified atom stereocenters. The fourth-order valence-corrected chi connectivity index (χ4v) is 1.31. The maximum Gasteiger partial charge on any atom is 0.219 e. The minimum Gasteiger partial charge on any atom is -0.484 e. The molecule has 0 heterocycles. The van der Waals surface area contributed by atoms with Gasteiger partial charge in [0.25, 0.3) is 0 Å². The highest BCUT2D eigenvalue weighted by Gasteiger charge is 2.04. The van der Waals surface area contributed by atoms with Crippen LogP contribution in [0.3, 0.4) is 0 Å². The predicted octanol–water partition coefficient (Wildman–Crippen LogP) is 2.96. The van der Waals surface area contributed by atoms with Gasteiger partial charge in [0, 0.05) is 5.02 Å². The maximum absolute atomic E-state index is 7.26. The van der Waals surface area contributed by atoms with Crippen LogP contribution in [0.4, 0.5) is 0 Å². The Morgan fingerprint density at radius 3 is 2.33 bits per heavy atom. The standard InChI is InChI=1S/C11H14ClNO2/c1-7-4-9(5-8(2)11(7)12)15-6-10(13)14-3/h4-5,13H,6H2,1-3H3. The summed E-state index contributed by atoms with van der Waals surface area (Å²) >= 11 is 6.02. The predicted molar refractivity (Wildman–Crippen MR) is 61.2 cm³/mol. The summed E-state index contributed by atoms with van der Waals surface area (Å²) in [5.41, 5.74) is 1.94. The fraction of sp³-hybridized carbons (Fsp3) is 0.364. The van der Waals surface area contributed by atoms with Crippen LogP contribution in [0.15, 0.2) is 12.1 Å². The average molecular weight is 228 g/mol. The molecule has 1 rings (SSSR count). The minimum atomic E-state index is 0.0975. The molecule has 3 nitrogen and oxygen atoms in total. The molecule has 0 saturated heterocycles. The van der Waals surface area contributed by atoms with E-state index < -0.39 is 0 Å². The summed E-state index contributed by atoms with van der Waals surface area (Å²) in [5, 5.41) is 8.02. The van der Waals surface area contributed by atoms with Gasteiger partial charge in [0.15, 0.2) is 6.61 Å². The van der Waals surface area contributed by atoms with Crippen molar-refractivity contribution in [2.24, 2.45) is 0 Å². The molecule has 0 spiro atoms. The molecule has 4 heteroatoms. The van der Waals surface area contributed by atoms with Crippen LogP contribution in [0.2, 0.25) is 5.02 Å². The van der Waals surface area contributed by atoms with Crippen LogP contribution in [0.5, 0.6) is 5.75 Å². The molecular formula is C11H14ClNO2. The molecule has 0 amide bonds. The van der Waals surface area contributed by atoms with E-state index in [4.69, 9.17) is 21.7 Å². The lowest BCUT2D eigenvalue weighted by atomic mass is 10.1. The molecule has 0 aliphatic rings. The van der Waals surface area contributed by atoms with Gasteiger partial charge in [-0.25, -0.2) is 0 Å². The van der Waals surface area contributed by atoms with Crippen molar-refractivity contribution in [2.75, 3.05) is 13.7 Å². The van der Waals surface area contributed by atoms with E-state index in [9.17, 15) is 0 Å². The Labute approximate surface area is 94.5 Å². The van der Waals surface area contributed by atoms with E-state index in [1.54, 1.807) is 0 Å². The van der Waals surface area contributed by atoms with E-state index in [-0.39, 0.29) is 12.5 Å². The summed E-state index contributed by atoms with van der Waals surface area (Å²) in [6.07, 6.45) is 0. The Balaban J connectivity index is 2.75. The highest BCUT2D eigenvalue weighted by atomic mass is 35.5. The zero-order valence-electron chi connectivity index (χ0n) is 9.06. The smallest absolute Gasteiger partial charge is 0.219 e. The van der Waals surface area contributed by atoms with Gasteiger partial charge in [-0.15, -0.1) is 0 Å². The molecule has 0 saturated carbocycles. The number of nitrogens with one attached hydrogen (secondary N) is 1. The Morgan fingerprint density at radius 2 is 1.87 bits per heavy atom. The molecular weight excluding hydrogens is 214 g/mol. The van der Waals surface area contributed by atoms with Gasteiger partial charge in [-0.2, -0.15) is 0 Å². The molecule has 0 bridgehead atoms. The molecule has 15 heavy (non-hydrogen) atoms. The van der Waals surface area contributed by atoms with Crippen LogP contribution < -0.4 is 4.74 Å². The summed E-state index contributed by atoms with van der Waals surface area (Å²) in [6.45, 7) is 3.98.